The monoisotopic (exact) mass is 211 g/mol. The molecule has 0 radical (unpaired) electrons. The molecule has 2 fully saturated rings. The van der Waals surface area contributed by atoms with Gasteiger partial charge in [-0.3, -0.25) is 9.80 Å². The van der Waals surface area contributed by atoms with Crippen LogP contribution in [0.1, 0.15) is 32.6 Å². The molecular formula is C12H25N3. The molecule has 1 heterocycles. The number of rotatable bonds is 5. The zero-order chi connectivity index (χ0) is 10.7. The Balaban J connectivity index is 1.64. The molecule has 2 rings (SSSR count). The largest absolute Gasteiger partial charge is 0.327 e. The molecule has 3 heteroatoms. The Morgan fingerprint density at radius 3 is 2.40 bits per heavy atom. The Kier molecular flexibility index (Phi) is 4.00. The average Bonchev–Trinajstić information content (AvgIpc) is 3.03. The summed E-state index contributed by atoms with van der Waals surface area (Å²) in [7, 11) is 0. The lowest BCUT2D eigenvalue weighted by Gasteiger charge is -2.35. The van der Waals surface area contributed by atoms with Crippen LogP contribution < -0.4 is 5.73 Å². The molecule has 1 unspecified atom stereocenters. The minimum absolute atomic E-state index is 0.391. The van der Waals surface area contributed by atoms with E-state index in [1.165, 1.54) is 51.9 Å². The van der Waals surface area contributed by atoms with Crippen LogP contribution in [0, 0.1) is 0 Å². The molecule has 1 aliphatic heterocycles. The predicted octanol–water partition coefficient (Wildman–Crippen LogP) is 0.894. The smallest absolute Gasteiger partial charge is 0.0167 e. The molecule has 0 aromatic heterocycles. The Morgan fingerprint density at radius 1 is 1.20 bits per heavy atom. The van der Waals surface area contributed by atoms with E-state index in [9.17, 15) is 0 Å². The first-order valence-electron chi connectivity index (χ1n) is 6.51. The lowest BCUT2D eigenvalue weighted by Crippen LogP contribution is -2.50. The Morgan fingerprint density at radius 2 is 1.87 bits per heavy atom. The summed E-state index contributed by atoms with van der Waals surface area (Å²) in [6.45, 7) is 8.31. The molecule has 2 aliphatic rings. The van der Waals surface area contributed by atoms with Crippen molar-refractivity contribution in [1.29, 1.82) is 0 Å². The van der Waals surface area contributed by atoms with Crippen molar-refractivity contribution in [3.8, 4) is 0 Å². The van der Waals surface area contributed by atoms with E-state index >= 15 is 0 Å². The van der Waals surface area contributed by atoms with E-state index in [4.69, 9.17) is 5.73 Å². The SMILES string of the molecule is CCCC(N)CN1CCN(C2CC2)CC1. The minimum Gasteiger partial charge on any atom is -0.327 e. The van der Waals surface area contributed by atoms with Crippen molar-refractivity contribution in [2.75, 3.05) is 32.7 Å². The fourth-order valence-corrected chi connectivity index (χ4v) is 2.54. The van der Waals surface area contributed by atoms with E-state index in [0.29, 0.717) is 6.04 Å². The van der Waals surface area contributed by atoms with Gasteiger partial charge in [-0.25, -0.2) is 0 Å². The van der Waals surface area contributed by atoms with E-state index in [0.717, 1.165) is 12.6 Å². The third kappa shape index (κ3) is 3.44. The van der Waals surface area contributed by atoms with Gasteiger partial charge in [0.15, 0.2) is 0 Å². The normalized spacial score (nSPS) is 26.8. The molecule has 1 saturated carbocycles. The lowest BCUT2D eigenvalue weighted by molar-refractivity contribution is 0.120. The summed E-state index contributed by atoms with van der Waals surface area (Å²) in [4.78, 5) is 5.20. The van der Waals surface area contributed by atoms with Crippen LogP contribution in [0.4, 0.5) is 0 Å². The molecule has 0 amide bonds. The summed E-state index contributed by atoms with van der Waals surface area (Å²) in [5, 5.41) is 0. The van der Waals surface area contributed by atoms with Crippen LogP contribution in [0.3, 0.4) is 0 Å². The number of piperazine rings is 1. The first-order chi connectivity index (χ1) is 7.29. The van der Waals surface area contributed by atoms with Gasteiger partial charge in [-0.05, 0) is 19.3 Å². The van der Waals surface area contributed by atoms with Crippen LogP contribution in [0.25, 0.3) is 0 Å². The third-order valence-corrected chi connectivity index (χ3v) is 3.62. The summed E-state index contributed by atoms with van der Waals surface area (Å²) in [5.74, 6) is 0. The Hall–Kier alpha value is -0.120. The quantitative estimate of drug-likeness (QED) is 0.733. The highest BCUT2D eigenvalue weighted by molar-refractivity contribution is 4.87. The highest BCUT2D eigenvalue weighted by atomic mass is 15.3. The fraction of sp³-hybridized carbons (Fsp3) is 1.00. The number of nitrogens with zero attached hydrogens (tertiary/aromatic N) is 2. The molecule has 0 aromatic rings. The molecule has 0 spiro atoms. The van der Waals surface area contributed by atoms with Gasteiger partial charge in [-0.1, -0.05) is 13.3 Å². The second kappa shape index (κ2) is 5.28. The highest BCUT2D eigenvalue weighted by Crippen LogP contribution is 2.27. The molecule has 1 atom stereocenters. The van der Waals surface area contributed by atoms with Gasteiger partial charge < -0.3 is 5.73 Å². The second-order valence-corrected chi connectivity index (χ2v) is 5.12. The molecule has 0 aromatic carbocycles. The maximum atomic E-state index is 6.07. The van der Waals surface area contributed by atoms with Crippen molar-refractivity contribution < 1.29 is 0 Å². The van der Waals surface area contributed by atoms with E-state index in [2.05, 4.69) is 16.7 Å². The van der Waals surface area contributed by atoms with Crippen LogP contribution >= 0.6 is 0 Å². The Labute approximate surface area is 93.6 Å². The summed E-state index contributed by atoms with van der Waals surface area (Å²) in [6.07, 6.45) is 5.26. The highest BCUT2D eigenvalue weighted by Gasteiger charge is 2.31. The number of hydrogen-bond acceptors (Lipinski definition) is 3. The van der Waals surface area contributed by atoms with Gasteiger partial charge in [-0.2, -0.15) is 0 Å². The number of nitrogens with two attached hydrogens (primary N) is 1. The zero-order valence-corrected chi connectivity index (χ0v) is 9.99. The molecule has 0 bridgehead atoms. The maximum absolute atomic E-state index is 6.07. The van der Waals surface area contributed by atoms with Crippen molar-refractivity contribution in [1.82, 2.24) is 9.80 Å². The summed E-state index contributed by atoms with van der Waals surface area (Å²) < 4.78 is 0. The first-order valence-corrected chi connectivity index (χ1v) is 6.51. The van der Waals surface area contributed by atoms with Crippen LogP contribution in [0.5, 0.6) is 0 Å². The summed E-state index contributed by atoms with van der Waals surface area (Å²) in [6, 6.07) is 1.33. The van der Waals surface area contributed by atoms with Crippen LogP contribution in [0.15, 0.2) is 0 Å². The van der Waals surface area contributed by atoms with Crippen LogP contribution in [-0.4, -0.2) is 54.6 Å². The van der Waals surface area contributed by atoms with Gasteiger partial charge in [0.05, 0.1) is 0 Å². The molecular weight excluding hydrogens is 186 g/mol. The molecule has 15 heavy (non-hydrogen) atoms. The van der Waals surface area contributed by atoms with E-state index in [-0.39, 0.29) is 0 Å². The van der Waals surface area contributed by atoms with Crippen molar-refractivity contribution >= 4 is 0 Å². The predicted molar refractivity (Wildman–Crippen MR) is 63.9 cm³/mol. The van der Waals surface area contributed by atoms with E-state index in [1.807, 2.05) is 0 Å². The van der Waals surface area contributed by atoms with E-state index in [1.54, 1.807) is 0 Å². The average molecular weight is 211 g/mol. The van der Waals surface area contributed by atoms with Gasteiger partial charge in [0.25, 0.3) is 0 Å². The van der Waals surface area contributed by atoms with Crippen molar-refractivity contribution in [3.63, 3.8) is 0 Å². The van der Waals surface area contributed by atoms with Gasteiger partial charge >= 0.3 is 0 Å². The topological polar surface area (TPSA) is 32.5 Å². The van der Waals surface area contributed by atoms with Crippen molar-refractivity contribution in [2.24, 2.45) is 5.73 Å². The summed E-state index contributed by atoms with van der Waals surface area (Å²) >= 11 is 0. The van der Waals surface area contributed by atoms with Gasteiger partial charge in [0, 0.05) is 44.8 Å². The van der Waals surface area contributed by atoms with Crippen molar-refractivity contribution in [2.45, 2.75) is 44.7 Å². The standard InChI is InChI=1S/C12H25N3/c1-2-3-11(13)10-14-6-8-15(9-7-14)12-4-5-12/h11-12H,2-10,13H2,1H3. The van der Waals surface area contributed by atoms with Gasteiger partial charge in [0.2, 0.25) is 0 Å². The molecule has 2 N–H and O–H groups in total. The second-order valence-electron chi connectivity index (χ2n) is 5.12. The molecule has 88 valence electrons. The van der Waals surface area contributed by atoms with Crippen LogP contribution in [0.2, 0.25) is 0 Å². The minimum atomic E-state index is 0.391. The van der Waals surface area contributed by atoms with Crippen molar-refractivity contribution in [3.05, 3.63) is 0 Å². The van der Waals surface area contributed by atoms with Crippen LogP contribution in [-0.2, 0) is 0 Å². The summed E-state index contributed by atoms with van der Waals surface area (Å²) in [5.41, 5.74) is 6.07. The van der Waals surface area contributed by atoms with Gasteiger partial charge in [0.1, 0.15) is 0 Å². The lowest BCUT2D eigenvalue weighted by atomic mass is 10.1. The fourth-order valence-electron chi connectivity index (χ4n) is 2.54. The third-order valence-electron chi connectivity index (χ3n) is 3.62. The van der Waals surface area contributed by atoms with Gasteiger partial charge in [-0.15, -0.1) is 0 Å². The molecule has 3 nitrogen and oxygen atoms in total. The zero-order valence-electron chi connectivity index (χ0n) is 9.99. The number of hydrogen-bond donors (Lipinski definition) is 1. The molecule has 1 aliphatic carbocycles. The Bertz CT molecular complexity index is 183. The van der Waals surface area contributed by atoms with E-state index < -0.39 is 0 Å². The molecule has 1 saturated heterocycles. The first kappa shape index (κ1) is 11.4. The maximum Gasteiger partial charge on any atom is 0.0167 e.